The van der Waals surface area contributed by atoms with E-state index in [1.54, 1.807) is 10.9 Å². The number of pyridine rings is 1. The van der Waals surface area contributed by atoms with Gasteiger partial charge in [-0.2, -0.15) is 0 Å². The highest BCUT2D eigenvalue weighted by Crippen LogP contribution is 2.17. The summed E-state index contributed by atoms with van der Waals surface area (Å²) in [7, 11) is 1.91. The molecule has 2 aromatic heterocycles. The van der Waals surface area contributed by atoms with Crippen LogP contribution in [0, 0.1) is 6.92 Å². The van der Waals surface area contributed by atoms with Gasteiger partial charge in [-0.15, -0.1) is 0 Å². The molecule has 2 aromatic carbocycles. The largest absolute Gasteiger partial charge is 0.379 e. The van der Waals surface area contributed by atoms with E-state index in [0.717, 1.165) is 33.5 Å². The molecule has 0 aliphatic heterocycles. The number of hydrogen-bond donors (Lipinski definition) is 1. The Labute approximate surface area is 151 Å². The predicted octanol–water partition coefficient (Wildman–Crippen LogP) is 3.64. The third-order valence-corrected chi connectivity index (χ3v) is 4.73. The highest BCUT2D eigenvalue weighted by atomic mass is 16.1. The van der Waals surface area contributed by atoms with Crippen molar-refractivity contribution in [2.75, 3.05) is 5.32 Å². The van der Waals surface area contributed by atoms with Gasteiger partial charge in [0.15, 0.2) is 0 Å². The molecule has 0 radical (unpaired) electrons. The van der Waals surface area contributed by atoms with Gasteiger partial charge in [0.2, 0.25) is 0 Å². The number of anilines is 1. The predicted molar refractivity (Wildman–Crippen MR) is 105 cm³/mol. The van der Waals surface area contributed by atoms with Crippen molar-refractivity contribution < 1.29 is 0 Å². The number of hydrogen-bond acceptors (Lipinski definition) is 3. The highest BCUT2D eigenvalue weighted by molar-refractivity contribution is 5.81. The second kappa shape index (κ2) is 6.52. The Balaban J connectivity index is 1.65. The number of aromatic nitrogens is 3. The molecule has 0 fully saturated rings. The molecule has 4 aromatic rings. The summed E-state index contributed by atoms with van der Waals surface area (Å²) in [6, 6.07) is 19.7. The van der Waals surface area contributed by atoms with Crippen molar-refractivity contribution in [1.82, 2.24) is 14.3 Å². The standard InChI is InChI=1S/C21H20N4O/c1-15-19(21(26)25(24(15)2)18-9-4-3-5-10-18)14-22-17-12-16-8-6-7-11-20(16)23-13-17/h3-13,22H,14H2,1-2H3. The van der Waals surface area contributed by atoms with E-state index in [2.05, 4.69) is 16.4 Å². The van der Waals surface area contributed by atoms with Gasteiger partial charge in [0.1, 0.15) is 0 Å². The number of nitrogens with one attached hydrogen (secondary N) is 1. The smallest absolute Gasteiger partial charge is 0.276 e. The second-order valence-corrected chi connectivity index (χ2v) is 6.31. The molecule has 26 heavy (non-hydrogen) atoms. The lowest BCUT2D eigenvalue weighted by molar-refractivity contribution is 0.630. The van der Waals surface area contributed by atoms with Crippen LogP contribution in [-0.2, 0) is 13.6 Å². The van der Waals surface area contributed by atoms with Gasteiger partial charge < -0.3 is 5.32 Å². The molecule has 5 nitrogen and oxygen atoms in total. The van der Waals surface area contributed by atoms with E-state index in [4.69, 9.17) is 0 Å². The fourth-order valence-electron chi connectivity index (χ4n) is 3.19. The molecule has 0 amide bonds. The lowest BCUT2D eigenvalue weighted by Gasteiger charge is -2.07. The van der Waals surface area contributed by atoms with E-state index >= 15 is 0 Å². The van der Waals surface area contributed by atoms with Gasteiger partial charge >= 0.3 is 0 Å². The summed E-state index contributed by atoms with van der Waals surface area (Å²) >= 11 is 0. The lowest BCUT2D eigenvalue weighted by atomic mass is 10.2. The number of rotatable bonds is 4. The highest BCUT2D eigenvalue weighted by Gasteiger charge is 2.15. The van der Waals surface area contributed by atoms with Crippen molar-refractivity contribution >= 4 is 16.6 Å². The first-order chi connectivity index (χ1) is 12.6. The van der Waals surface area contributed by atoms with Gasteiger partial charge in [-0.05, 0) is 31.2 Å². The molecule has 5 heteroatoms. The normalized spacial score (nSPS) is 11.0. The van der Waals surface area contributed by atoms with Gasteiger partial charge in [0.25, 0.3) is 5.56 Å². The van der Waals surface area contributed by atoms with Crippen LogP contribution in [0.1, 0.15) is 11.3 Å². The molecule has 0 aliphatic rings. The van der Waals surface area contributed by atoms with Crippen LogP contribution in [0.3, 0.4) is 0 Å². The van der Waals surface area contributed by atoms with Crippen molar-refractivity contribution in [3.8, 4) is 5.69 Å². The number of nitrogens with zero attached hydrogens (tertiary/aromatic N) is 3. The molecule has 1 N–H and O–H groups in total. The fraction of sp³-hybridized carbons (Fsp3) is 0.143. The minimum atomic E-state index is -0.00236. The first-order valence-corrected chi connectivity index (χ1v) is 8.57. The third-order valence-electron chi connectivity index (χ3n) is 4.73. The summed E-state index contributed by atoms with van der Waals surface area (Å²) in [5.74, 6) is 0. The minimum absolute atomic E-state index is 0.00236. The molecule has 0 saturated heterocycles. The number of para-hydroxylation sites is 2. The quantitative estimate of drug-likeness (QED) is 0.615. The average molecular weight is 344 g/mol. The van der Waals surface area contributed by atoms with Crippen LogP contribution in [0.4, 0.5) is 5.69 Å². The topological polar surface area (TPSA) is 51.9 Å². The van der Waals surface area contributed by atoms with E-state index in [9.17, 15) is 4.79 Å². The van der Waals surface area contributed by atoms with Gasteiger partial charge in [-0.3, -0.25) is 14.5 Å². The Morgan fingerprint density at radius 3 is 2.58 bits per heavy atom. The minimum Gasteiger partial charge on any atom is -0.379 e. The number of fused-ring (bicyclic) bond motifs is 1. The van der Waals surface area contributed by atoms with Gasteiger partial charge in [-0.25, -0.2) is 4.68 Å². The monoisotopic (exact) mass is 344 g/mol. The summed E-state index contributed by atoms with van der Waals surface area (Å²) in [4.78, 5) is 17.4. The zero-order valence-electron chi connectivity index (χ0n) is 14.8. The van der Waals surface area contributed by atoms with Crippen molar-refractivity contribution in [3.05, 3.63) is 88.5 Å². The maximum atomic E-state index is 12.9. The van der Waals surface area contributed by atoms with E-state index in [0.29, 0.717) is 6.54 Å². The summed E-state index contributed by atoms with van der Waals surface area (Å²) < 4.78 is 3.60. The Morgan fingerprint density at radius 1 is 1.04 bits per heavy atom. The molecule has 0 bridgehead atoms. The zero-order chi connectivity index (χ0) is 18.1. The van der Waals surface area contributed by atoms with E-state index < -0.39 is 0 Å². The van der Waals surface area contributed by atoms with Gasteiger partial charge in [0, 0.05) is 24.7 Å². The van der Waals surface area contributed by atoms with E-state index in [1.165, 1.54) is 0 Å². The summed E-state index contributed by atoms with van der Waals surface area (Å²) in [5, 5.41) is 4.41. The van der Waals surface area contributed by atoms with Crippen LogP contribution in [0.15, 0.2) is 71.7 Å². The molecular weight excluding hydrogens is 324 g/mol. The maximum absolute atomic E-state index is 12.9. The lowest BCUT2D eigenvalue weighted by Crippen LogP contribution is -2.21. The fourth-order valence-corrected chi connectivity index (χ4v) is 3.19. The molecule has 0 atom stereocenters. The Morgan fingerprint density at radius 2 is 1.77 bits per heavy atom. The first kappa shape index (κ1) is 16.1. The number of benzene rings is 2. The third kappa shape index (κ3) is 2.77. The first-order valence-electron chi connectivity index (χ1n) is 8.57. The average Bonchev–Trinajstić information content (AvgIpc) is 2.89. The van der Waals surface area contributed by atoms with Crippen molar-refractivity contribution in [1.29, 1.82) is 0 Å². The van der Waals surface area contributed by atoms with Crippen LogP contribution in [0.25, 0.3) is 16.6 Å². The molecule has 0 saturated carbocycles. The van der Waals surface area contributed by atoms with Crippen LogP contribution in [-0.4, -0.2) is 14.3 Å². The molecule has 130 valence electrons. The van der Waals surface area contributed by atoms with Crippen LogP contribution in [0.5, 0.6) is 0 Å². The SMILES string of the molecule is Cc1c(CNc2cnc3ccccc3c2)c(=O)n(-c2ccccc2)n1C. The molecule has 0 unspecified atom stereocenters. The Hall–Kier alpha value is -3.34. The van der Waals surface area contributed by atoms with Crippen molar-refractivity contribution in [2.24, 2.45) is 7.05 Å². The summed E-state index contributed by atoms with van der Waals surface area (Å²) in [6.07, 6.45) is 1.80. The Kier molecular flexibility index (Phi) is 4.05. The molecular formula is C21H20N4O. The molecule has 2 heterocycles. The van der Waals surface area contributed by atoms with Crippen molar-refractivity contribution in [2.45, 2.75) is 13.5 Å². The van der Waals surface area contributed by atoms with E-state index in [-0.39, 0.29) is 5.56 Å². The molecule has 4 rings (SSSR count). The maximum Gasteiger partial charge on any atom is 0.276 e. The van der Waals surface area contributed by atoms with E-state index in [1.807, 2.05) is 73.3 Å². The van der Waals surface area contributed by atoms with Gasteiger partial charge in [-0.1, -0.05) is 36.4 Å². The Bertz CT molecular complexity index is 1130. The second-order valence-electron chi connectivity index (χ2n) is 6.31. The van der Waals surface area contributed by atoms with Crippen LogP contribution >= 0.6 is 0 Å². The van der Waals surface area contributed by atoms with Crippen molar-refractivity contribution in [3.63, 3.8) is 0 Å². The molecule has 0 aliphatic carbocycles. The van der Waals surface area contributed by atoms with Crippen LogP contribution in [0.2, 0.25) is 0 Å². The summed E-state index contributed by atoms with van der Waals surface area (Å²) in [6.45, 7) is 2.43. The zero-order valence-corrected chi connectivity index (χ0v) is 14.8. The molecule has 0 spiro atoms. The summed E-state index contributed by atoms with van der Waals surface area (Å²) in [5.41, 5.74) is 4.42. The van der Waals surface area contributed by atoms with Gasteiger partial charge in [0.05, 0.1) is 28.7 Å². The van der Waals surface area contributed by atoms with Crippen LogP contribution < -0.4 is 10.9 Å².